The number of carbonyl (C=O) groups excluding carboxylic acids is 1. The van der Waals surface area contributed by atoms with Crippen LogP contribution in [0.1, 0.15) is 15.9 Å². The molecule has 1 N–H and O–H groups in total. The standard InChI is InChI=1S/C21H21N3O3S2/c1-24(2)29(26,27)20-7-3-6-17(13-20)21(25)23-18-8-10-19(11-9-18)28-15-16-5-4-12-22-14-16/h3-14H,15H2,1-2H3,(H,23,25). The lowest BCUT2D eigenvalue weighted by atomic mass is 10.2. The van der Waals surface area contributed by atoms with E-state index >= 15 is 0 Å². The molecular weight excluding hydrogens is 406 g/mol. The summed E-state index contributed by atoms with van der Waals surface area (Å²) < 4.78 is 25.6. The monoisotopic (exact) mass is 427 g/mol. The zero-order valence-corrected chi connectivity index (χ0v) is 17.7. The predicted molar refractivity (Wildman–Crippen MR) is 116 cm³/mol. The lowest BCUT2D eigenvalue weighted by Crippen LogP contribution is -2.22. The molecular formula is C21H21N3O3S2. The van der Waals surface area contributed by atoms with Gasteiger partial charge in [-0.05, 0) is 54.1 Å². The molecule has 0 aliphatic carbocycles. The molecule has 6 nitrogen and oxygen atoms in total. The van der Waals surface area contributed by atoms with Crippen LogP contribution in [0.2, 0.25) is 0 Å². The number of rotatable bonds is 7. The summed E-state index contributed by atoms with van der Waals surface area (Å²) in [5, 5.41) is 2.80. The molecule has 0 aliphatic heterocycles. The Hall–Kier alpha value is -2.68. The molecule has 0 radical (unpaired) electrons. The first-order valence-corrected chi connectivity index (χ1v) is 11.2. The van der Waals surface area contributed by atoms with Gasteiger partial charge in [0.05, 0.1) is 4.90 Å². The van der Waals surface area contributed by atoms with E-state index in [1.807, 2.05) is 42.6 Å². The van der Waals surface area contributed by atoms with Crippen LogP contribution in [0.3, 0.4) is 0 Å². The van der Waals surface area contributed by atoms with Gasteiger partial charge in [0.2, 0.25) is 10.0 Å². The van der Waals surface area contributed by atoms with Crippen molar-refractivity contribution < 1.29 is 13.2 Å². The third-order valence-corrected chi connectivity index (χ3v) is 7.01. The SMILES string of the molecule is CN(C)S(=O)(=O)c1cccc(C(=O)Nc2ccc(SCc3cccnc3)cc2)c1. The molecule has 1 aromatic heterocycles. The van der Waals surface area contributed by atoms with Crippen LogP contribution in [0.4, 0.5) is 5.69 Å². The molecule has 1 amide bonds. The summed E-state index contributed by atoms with van der Waals surface area (Å²) in [6.07, 6.45) is 3.59. The normalized spacial score (nSPS) is 11.4. The highest BCUT2D eigenvalue weighted by Crippen LogP contribution is 2.24. The number of amides is 1. The second kappa shape index (κ2) is 9.21. The van der Waals surface area contributed by atoms with Crippen molar-refractivity contribution in [3.63, 3.8) is 0 Å². The van der Waals surface area contributed by atoms with Crippen molar-refractivity contribution in [1.29, 1.82) is 0 Å². The quantitative estimate of drug-likeness (QED) is 0.579. The van der Waals surface area contributed by atoms with Crippen molar-refractivity contribution in [2.24, 2.45) is 0 Å². The Labute approximate surface area is 175 Å². The molecule has 0 fully saturated rings. The third-order valence-electron chi connectivity index (χ3n) is 4.12. The van der Waals surface area contributed by atoms with Gasteiger partial charge in [-0.3, -0.25) is 9.78 Å². The third kappa shape index (κ3) is 5.44. The van der Waals surface area contributed by atoms with Crippen molar-refractivity contribution in [3.05, 3.63) is 84.2 Å². The summed E-state index contributed by atoms with van der Waals surface area (Å²) in [7, 11) is -0.686. The van der Waals surface area contributed by atoms with Crippen LogP contribution in [0.5, 0.6) is 0 Å². The summed E-state index contributed by atoms with van der Waals surface area (Å²) in [6, 6.07) is 17.4. The minimum absolute atomic E-state index is 0.0808. The highest BCUT2D eigenvalue weighted by molar-refractivity contribution is 7.98. The zero-order chi connectivity index (χ0) is 20.9. The highest BCUT2D eigenvalue weighted by Gasteiger charge is 2.18. The van der Waals surface area contributed by atoms with Crippen LogP contribution in [0, 0.1) is 0 Å². The average molecular weight is 428 g/mol. The fraction of sp³-hybridized carbons (Fsp3) is 0.143. The second-order valence-electron chi connectivity index (χ2n) is 6.44. The maximum absolute atomic E-state index is 12.5. The first kappa shape index (κ1) is 21.0. The Morgan fingerprint density at radius 2 is 1.83 bits per heavy atom. The van der Waals surface area contributed by atoms with E-state index in [4.69, 9.17) is 0 Å². The lowest BCUT2D eigenvalue weighted by molar-refractivity contribution is 0.102. The fourth-order valence-corrected chi connectivity index (χ4v) is 4.28. The molecule has 0 aliphatic rings. The summed E-state index contributed by atoms with van der Waals surface area (Å²) in [5.74, 6) is 0.448. The first-order valence-electron chi connectivity index (χ1n) is 8.82. The van der Waals surface area contributed by atoms with Crippen molar-refractivity contribution in [1.82, 2.24) is 9.29 Å². The van der Waals surface area contributed by atoms with Crippen molar-refractivity contribution >= 4 is 33.4 Å². The average Bonchev–Trinajstić information content (AvgIpc) is 2.74. The van der Waals surface area contributed by atoms with Crippen LogP contribution >= 0.6 is 11.8 Å². The number of nitrogens with one attached hydrogen (secondary N) is 1. The molecule has 0 saturated heterocycles. The van der Waals surface area contributed by atoms with Gasteiger partial charge in [-0.25, -0.2) is 12.7 Å². The molecule has 0 saturated carbocycles. The molecule has 0 bridgehead atoms. The molecule has 150 valence electrons. The highest BCUT2D eigenvalue weighted by atomic mass is 32.2. The van der Waals surface area contributed by atoms with E-state index in [9.17, 15) is 13.2 Å². The van der Waals surface area contributed by atoms with Gasteiger partial charge < -0.3 is 5.32 Å². The number of benzene rings is 2. The Morgan fingerprint density at radius 1 is 1.07 bits per heavy atom. The molecule has 29 heavy (non-hydrogen) atoms. The van der Waals surface area contributed by atoms with Crippen LogP contribution in [0.15, 0.2) is 82.8 Å². The van der Waals surface area contributed by atoms with Gasteiger partial charge in [0, 0.05) is 48.4 Å². The molecule has 0 spiro atoms. The molecule has 8 heteroatoms. The minimum Gasteiger partial charge on any atom is -0.322 e. The molecule has 3 rings (SSSR count). The maximum Gasteiger partial charge on any atom is 0.255 e. The zero-order valence-electron chi connectivity index (χ0n) is 16.1. The largest absolute Gasteiger partial charge is 0.322 e. The van der Waals surface area contributed by atoms with Crippen molar-refractivity contribution in [2.75, 3.05) is 19.4 Å². The smallest absolute Gasteiger partial charge is 0.255 e. The summed E-state index contributed by atoms with van der Waals surface area (Å²) >= 11 is 1.68. The number of sulfonamides is 1. The van der Waals surface area contributed by atoms with Crippen LogP contribution in [0.25, 0.3) is 0 Å². The van der Waals surface area contributed by atoms with E-state index in [-0.39, 0.29) is 16.4 Å². The summed E-state index contributed by atoms with van der Waals surface area (Å²) in [6.45, 7) is 0. The Morgan fingerprint density at radius 3 is 2.48 bits per heavy atom. The van der Waals surface area contributed by atoms with Gasteiger partial charge in [-0.2, -0.15) is 0 Å². The van der Waals surface area contributed by atoms with Gasteiger partial charge in [0.1, 0.15) is 0 Å². The number of nitrogens with zero attached hydrogens (tertiary/aromatic N) is 2. The van der Waals surface area contributed by atoms with Crippen LogP contribution in [-0.4, -0.2) is 37.7 Å². The predicted octanol–water partition coefficient (Wildman–Crippen LogP) is 3.88. The van der Waals surface area contributed by atoms with E-state index in [1.54, 1.807) is 30.1 Å². The van der Waals surface area contributed by atoms with Crippen LogP contribution in [-0.2, 0) is 15.8 Å². The molecule has 1 heterocycles. The van der Waals surface area contributed by atoms with E-state index in [1.165, 1.54) is 26.2 Å². The van der Waals surface area contributed by atoms with Gasteiger partial charge in [-0.15, -0.1) is 11.8 Å². The Bertz CT molecular complexity index is 1080. The van der Waals surface area contributed by atoms with E-state index in [0.29, 0.717) is 5.69 Å². The molecule has 0 unspecified atom stereocenters. The van der Waals surface area contributed by atoms with Crippen LogP contribution < -0.4 is 5.32 Å². The van der Waals surface area contributed by atoms with Gasteiger partial charge in [0.25, 0.3) is 5.91 Å². The number of pyridine rings is 1. The van der Waals surface area contributed by atoms with E-state index in [0.717, 1.165) is 20.5 Å². The van der Waals surface area contributed by atoms with Crippen molar-refractivity contribution in [3.8, 4) is 0 Å². The minimum atomic E-state index is -3.59. The van der Waals surface area contributed by atoms with Gasteiger partial charge >= 0.3 is 0 Å². The number of aromatic nitrogens is 1. The van der Waals surface area contributed by atoms with Gasteiger partial charge in [-0.1, -0.05) is 12.1 Å². The summed E-state index contributed by atoms with van der Waals surface area (Å²) in [5.41, 5.74) is 2.06. The number of hydrogen-bond donors (Lipinski definition) is 1. The number of carbonyl (C=O) groups is 1. The van der Waals surface area contributed by atoms with Crippen molar-refractivity contribution in [2.45, 2.75) is 15.5 Å². The molecule has 3 aromatic rings. The first-order chi connectivity index (χ1) is 13.9. The second-order valence-corrected chi connectivity index (χ2v) is 9.64. The van der Waals surface area contributed by atoms with Gasteiger partial charge in [0.15, 0.2) is 0 Å². The number of anilines is 1. The summed E-state index contributed by atoms with van der Waals surface area (Å²) in [4.78, 5) is 17.8. The topological polar surface area (TPSA) is 79.4 Å². The number of thioether (sulfide) groups is 1. The molecule has 2 aromatic carbocycles. The lowest BCUT2D eigenvalue weighted by Gasteiger charge is -2.12. The van der Waals surface area contributed by atoms with E-state index < -0.39 is 10.0 Å². The Balaban J connectivity index is 1.65. The number of hydrogen-bond acceptors (Lipinski definition) is 5. The fourth-order valence-electron chi connectivity index (χ4n) is 2.50. The Kier molecular flexibility index (Phi) is 6.68. The maximum atomic E-state index is 12.5. The molecule has 0 atom stereocenters. The van der Waals surface area contributed by atoms with E-state index in [2.05, 4.69) is 10.3 Å².